The number of carbonyl (C=O) groups excluding carboxylic acids is 5. The number of nitrogens with zero attached hydrogens (tertiary/aromatic N) is 2. The molecule has 1 aromatic rings. The molecule has 3 heterocycles. The maximum absolute atomic E-state index is 14.7. The first-order valence-corrected chi connectivity index (χ1v) is 21.7. The van der Waals surface area contributed by atoms with Gasteiger partial charge >= 0.3 is 12.2 Å². The molecule has 0 aromatic heterocycles. The molecule has 8 rings (SSSR count). The molecule has 5 amide bonds. The zero-order valence-corrected chi connectivity index (χ0v) is 32.4. The van der Waals surface area contributed by atoms with Gasteiger partial charge in [-0.2, -0.15) is 0 Å². The zero-order valence-electron chi connectivity index (χ0n) is 31.6. The quantitative estimate of drug-likeness (QED) is 0.346. The average Bonchev–Trinajstić information content (AvgIpc) is 4.07. The Labute approximate surface area is 322 Å². The van der Waals surface area contributed by atoms with Crippen molar-refractivity contribution in [2.45, 2.75) is 144 Å². The number of amides is 5. The number of rotatable bonds is 7. The van der Waals surface area contributed by atoms with Gasteiger partial charge in [-0.05, 0) is 87.3 Å². The van der Waals surface area contributed by atoms with E-state index < -0.39 is 80.4 Å². The molecule has 1 saturated heterocycles. The maximum atomic E-state index is 14.7. The minimum absolute atomic E-state index is 0.0479. The second-order valence-electron chi connectivity index (χ2n) is 17.2. The van der Waals surface area contributed by atoms with Crippen LogP contribution >= 0.6 is 0 Å². The molecule has 7 atom stereocenters. The summed E-state index contributed by atoms with van der Waals surface area (Å²) in [5.74, 6) is -2.49. The van der Waals surface area contributed by atoms with Crippen LogP contribution in [0.5, 0.6) is 0 Å². The molecule has 3 N–H and O–H groups in total. The molecule has 15 heteroatoms. The molecule has 0 spiro atoms. The molecule has 298 valence electrons. The van der Waals surface area contributed by atoms with Crippen molar-refractivity contribution in [2.24, 2.45) is 17.8 Å². The van der Waals surface area contributed by atoms with Gasteiger partial charge in [-0.25, -0.2) is 18.0 Å². The van der Waals surface area contributed by atoms with Crippen LogP contribution in [0.2, 0.25) is 0 Å². The lowest BCUT2D eigenvalue weighted by atomic mass is 9.96. The number of carbonyl (C=O) groups is 5. The fourth-order valence-corrected chi connectivity index (χ4v) is 10.9. The molecule has 7 aliphatic rings. The number of hydrogen-bond donors (Lipinski definition) is 3. The Morgan fingerprint density at radius 2 is 1.73 bits per heavy atom. The summed E-state index contributed by atoms with van der Waals surface area (Å²) >= 11 is 0. The second kappa shape index (κ2) is 14.4. The van der Waals surface area contributed by atoms with Gasteiger partial charge in [-0.15, -0.1) is 6.58 Å². The van der Waals surface area contributed by atoms with Crippen LogP contribution in [0.1, 0.15) is 107 Å². The van der Waals surface area contributed by atoms with Crippen molar-refractivity contribution >= 4 is 39.9 Å². The first-order valence-electron chi connectivity index (χ1n) is 20.2. The molecule has 14 nitrogen and oxygen atoms in total. The summed E-state index contributed by atoms with van der Waals surface area (Å²) in [5, 5.41) is 5.05. The van der Waals surface area contributed by atoms with Gasteiger partial charge in [0, 0.05) is 31.3 Å². The SMILES string of the molecule is C=C[C@@H]1C[C@]1(NC(=O)C1CC2CN1C(=O)C(C1CCCC1)NC(=O)OC1(C)CC1CCCCCc1cccc3c1CN(C3)C(=O)O2)C(=O)NS(=O)(=O)C1CC1. The fourth-order valence-electron chi connectivity index (χ4n) is 9.53. The molecule has 4 aliphatic carbocycles. The Morgan fingerprint density at radius 1 is 0.982 bits per heavy atom. The summed E-state index contributed by atoms with van der Waals surface area (Å²) in [5.41, 5.74) is 1.25. The number of hydrogen-bond acceptors (Lipinski definition) is 9. The minimum Gasteiger partial charge on any atom is -0.444 e. The maximum Gasteiger partial charge on any atom is 0.410 e. The van der Waals surface area contributed by atoms with E-state index in [-0.39, 0.29) is 31.2 Å². The zero-order chi connectivity index (χ0) is 38.7. The van der Waals surface area contributed by atoms with E-state index in [0.29, 0.717) is 38.8 Å². The number of fused-ring (bicyclic) bond motifs is 4. The van der Waals surface area contributed by atoms with Crippen molar-refractivity contribution in [1.29, 1.82) is 0 Å². The number of sulfonamides is 1. The van der Waals surface area contributed by atoms with Crippen LogP contribution < -0.4 is 15.4 Å². The second-order valence-corrected chi connectivity index (χ2v) is 19.2. The van der Waals surface area contributed by atoms with Crippen LogP contribution in [-0.2, 0) is 53.4 Å². The molecule has 0 radical (unpaired) electrons. The van der Waals surface area contributed by atoms with Crippen LogP contribution in [0.4, 0.5) is 9.59 Å². The van der Waals surface area contributed by atoms with E-state index in [1.165, 1.54) is 16.5 Å². The molecule has 5 fully saturated rings. The van der Waals surface area contributed by atoms with Gasteiger partial charge in [0.25, 0.3) is 5.91 Å². The van der Waals surface area contributed by atoms with E-state index in [0.717, 1.165) is 62.5 Å². The van der Waals surface area contributed by atoms with Crippen molar-refractivity contribution in [3.8, 4) is 0 Å². The van der Waals surface area contributed by atoms with Gasteiger partial charge in [0.1, 0.15) is 29.3 Å². The van der Waals surface area contributed by atoms with Gasteiger partial charge < -0.3 is 25.0 Å². The number of nitrogens with one attached hydrogen (secondary N) is 3. The molecular formula is C40H53N5O9S. The number of alkyl carbamates (subject to hydrolysis) is 1. The highest BCUT2D eigenvalue weighted by Gasteiger charge is 2.62. The van der Waals surface area contributed by atoms with Crippen LogP contribution in [0, 0.1) is 17.8 Å². The van der Waals surface area contributed by atoms with E-state index in [9.17, 15) is 32.4 Å². The van der Waals surface area contributed by atoms with Crippen molar-refractivity contribution in [1.82, 2.24) is 25.2 Å². The van der Waals surface area contributed by atoms with E-state index >= 15 is 0 Å². The smallest absolute Gasteiger partial charge is 0.410 e. The number of ether oxygens (including phenoxy) is 2. The molecule has 1 aromatic carbocycles. The molecule has 55 heavy (non-hydrogen) atoms. The molecule has 3 aliphatic heterocycles. The third-order valence-electron chi connectivity index (χ3n) is 13.3. The molecule has 5 unspecified atom stereocenters. The van der Waals surface area contributed by atoms with Gasteiger partial charge in [-0.1, -0.05) is 50.0 Å². The standard InChI is InChI=1S/C40H53N5O9S/c1-3-27-20-40(27,36(48)43-55(51,52)30-16-17-30)42-34(46)32-18-29-22-45(32)35(47)33(25-11-7-8-12-25)41-37(49)54-39(2)19-28(39)15-6-4-5-10-24-13-9-14-26-21-44(23-31(24)26)38(50)53-29/h3,9,13-14,25,27-30,32-33H,1,4-8,10-12,15-23H2,2H3,(H,41,49)(H,42,46)(H,43,48)/t27-,28?,29?,32?,33?,39?,40-/m1/s1. The van der Waals surface area contributed by atoms with Crippen molar-refractivity contribution in [3.05, 3.63) is 47.5 Å². The highest BCUT2D eigenvalue weighted by atomic mass is 32.2. The minimum atomic E-state index is -3.90. The van der Waals surface area contributed by atoms with E-state index in [1.807, 2.05) is 19.1 Å². The lowest BCUT2D eigenvalue weighted by Gasteiger charge is -2.32. The molecule has 4 saturated carbocycles. The van der Waals surface area contributed by atoms with Crippen molar-refractivity contribution in [2.75, 3.05) is 6.54 Å². The van der Waals surface area contributed by atoms with Crippen LogP contribution in [0.25, 0.3) is 0 Å². The predicted octanol–water partition coefficient (Wildman–Crippen LogP) is 3.96. The van der Waals surface area contributed by atoms with Crippen molar-refractivity contribution in [3.63, 3.8) is 0 Å². The average molecular weight is 780 g/mol. The number of benzene rings is 1. The van der Waals surface area contributed by atoms with E-state index in [1.54, 1.807) is 4.90 Å². The summed E-state index contributed by atoms with van der Waals surface area (Å²) in [4.78, 5) is 72.8. The topological polar surface area (TPSA) is 181 Å². The Bertz CT molecular complexity index is 1880. The fraction of sp³-hybridized carbons (Fsp3) is 0.675. The van der Waals surface area contributed by atoms with E-state index in [2.05, 4.69) is 28.0 Å². The Hall–Kier alpha value is -4.14. The van der Waals surface area contributed by atoms with Gasteiger partial charge in [-0.3, -0.25) is 24.0 Å². The normalized spacial score (nSPS) is 34.1. The highest BCUT2D eigenvalue weighted by molar-refractivity contribution is 7.91. The summed E-state index contributed by atoms with van der Waals surface area (Å²) in [6, 6.07) is 4.01. The van der Waals surface area contributed by atoms with E-state index in [4.69, 9.17) is 9.47 Å². The van der Waals surface area contributed by atoms with Gasteiger partial charge in [0.05, 0.1) is 11.8 Å². The summed E-state index contributed by atoms with van der Waals surface area (Å²) in [6.45, 7) is 6.41. The third kappa shape index (κ3) is 7.57. The lowest BCUT2D eigenvalue weighted by molar-refractivity contribution is -0.142. The monoisotopic (exact) mass is 779 g/mol. The predicted molar refractivity (Wildman–Crippen MR) is 199 cm³/mol. The van der Waals surface area contributed by atoms with Crippen LogP contribution in [-0.4, -0.2) is 89.2 Å². The summed E-state index contributed by atoms with van der Waals surface area (Å²) in [7, 11) is -3.90. The Kier molecular flexibility index (Phi) is 9.90. The highest BCUT2D eigenvalue weighted by Crippen LogP contribution is 2.50. The Morgan fingerprint density at radius 3 is 2.45 bits per heavy atom. The first-order chi connectivity index (χ1) is 26.3. The molecular weight excluding hydrogens is 727 g/mol. The largest absolute Gasteiger partial charge is 0.444 e. The Balaban J connectivity index is 1.07. The summed E-state index contributed by atoms with van der Waals surface area (Å²) in [6.07, 6.45) is 9.26. The molecule has 4 bridgehead atoms. The van der Waals surface area contributed by atoms with Gasteiger partial charge in [0.2, 0.25) is 21.8 Å². The number of aryl methyl sites for hydroxylation is 1. The first kappa shape index (κ1) is 37.8. The summed E-state index contributed by atoms with van der Waals surface area (Å²) < 4.78 is 39.7. The van der Waals surface area contributed by atoms with Crippen LogP contribution in [0.3, 0.4) is 0 Å². The van der Waals surface area contributed by atoms with Crippen molar-refractivity contribution < 1.29 is 41.9 Å². The van der Waals surface area contributed by atoms with Crippen LogP contribution in [0.15, 0.2) is 30.9 Å². The van der Waals surface area contributed by atoms with Gasteiger partial charge in [0.15, 0.2) is 0 Å². The third-order valence-corrected chi connectivity index (χ3v) is 15.1. The lowest BCUT2D eigenvalue weighted by Crippen LogP contribution is -2.59.